The van der Waals surface area contributed by atoms with Gasteiger partial charge in [0.05, 0.1) is 0 Å². The van der Waals surface area contributed by atoms with Gasteiger partial charge < -0.3 is 9.47 Å². The van der Waals surface area contributed by atoms with Crippen LogP contribution in [0.1, 0.15) is 22.3 Å². The van der Waals surface area contributed by atoms with Gasteiger partial charge in [0.25, 0.3) is 5.79 Å². The Morgan fingerprint density at radius 2 is 1.15 bits per heavy atom. The molecule has 0 bridgehead atoms. The molecule has 4 aromatic carbocycles. The van der Waals surface area contributed by atoms with Crippen molar-refractivity contribution in [3.8, 4) is 0 Å². The maximum atomic E-state index is 6.81. The van der Waals surface area contributed by atoms with Crippen LogP contribution in [0.4, 0.5) is 0 Å². The average molecular weight is 431 g/mol. The van der Waals surface area contributed by atoms with Crippen molar-refractivity contribution in [1.82, 2.24) is 0 Å². The lowest BCUT2D eigenvalue weighted by molar-refractivity contribution is -0.162. The summed E-state index contributed by atoms with van der Waals surface area (Å²) >= 11 is 0. The Labute approximate surface area is 195 Å². The Hall–Kier alpha value is -3.88. The molecule has 2 nitrogen and oxygen atoms in total. The van der Waals surface area contributed by atoms with E-state index in [2.05, 4.69) is 78.9 Å². The molecule has 0 saturated carbocycles. The van der Waals surface area contributed by atoms with Gasteiger partial charge in [-0.25, -0.2) is 0 Å². The summed E-state index contributed by atoms with van der Waals surface area (Å²) in [6, 6.07) is 41.4. The molecule has 0 amide bonds. The van der Waals surface area contributed by atoms with Gasteiger partial charge in [-0.1, -0.05) is 121 Å². The molecule has 1 atom stereocenters. The summed E-state index contributed by atoms with van der Waals surface area (Å²) in [4.78, 5) is 0. The minimum Gasteiger partial charge on any atom is -0.453 e. The third kappa shape index (κ3) is 4.13. The largest absolute Gasteiger partial charge is 0.453 e. The number of allylic oxidation sites excluding steroid dienone is 2. The van der Waals surface area contributed by atoms with E-state index in [9.17, 15) is 0 Å². The van der Waals surface area contributed by atoms with Crippen LogP contribution in [0, 0.1) is 0 Å². The van der Waals surface area contributed by atoms with Crippen molar-refractivity contribution in [3.63, 3.8) is 0 Å². The molecule has 1 unspecified atom stereocenters. The first-order chi connectivity index (χ1) is 16.3. The molecule has 162 valence electrons. The molecule has 0 saturated heterocycles. The highest BCUT2D eigenvalue weighted by molar-refractivity contribution is 5.87. The molecule has 1 aliphatic rings. The molecule has 0 radical (unpaired) electrons. The molecule has 1 heterocycles. The van der Waals surface area contributed by atoms with Crippen LogP contribution in [0.3, 0.4) is 0 Å². The normalized spacial score (nSPS) is 17.9. The lowest BCUT2D eigenvalue weighted by atomic mass is 9.83. The number of rotatable bonds is 6. The molecule has 0 fully saturated rings. The summed E-state index contributed by atoms with van der Waals surface area (Å²) < 4.78 is 13.1. The average Bonchev–Trinajstić information content (AvgIpc) is 2.91. The summed E-state index contributed by atoms with van der Waals surface area (Å²) in [7, 11) is 1.73. The molecule has 0 spiro atoms. The predicted octanol–water partition coefficient (Wildman–Crippen LogP) is 7.25. The lowest BCUT2D eigenvalue weighted by Gasteiger charge is -2.40. The Kier molecular flexibility index (Phi) is 5.93. The monoisotopic (exact) mass is 430 g/mol. The topological polar surface area (TPSA) is 18.5 Å². The van der Waals surface area contributed by atoms with E-state index in [-0.39, 0.29) is 0 Å². The summed E-state index contributed by atoms with van der Waals surface area (Å²) in [6.07, 6.45) is 2.86. The Balaban J connectivity index is 1.80. The second-order valence-corrected chi connectivity index (χ2v) is 8.08. The van der Waals surface area contributed by atoms with Crippen LogP contribution < -0.4 is 0 Å². The van der Waals surface area contributed by atoms with Crippen LogP contribution >= 0.6 is 0 Å². The summed E-state index contributed by atoms with van der Waals surface area (Å²) in [6.45, 7) is 0. The first-order valence-corrected chi connectivity index (χ1v) is 11.2. The lowest BCUT2D eigenvalue weighted by Crippen LogP contribution is -2.37. The van der Waals surface area contributed by atoms with E-state index in [1.807, 2.05) is 48.5 Å². The second-order valence-electron chi connectivity index (χ2n) is 8.08. The van der Waals surface area contributed by atoms with Crippen LogP contribution in [0.2, 0.25) is 0 Å². The standard InChI is InChI=1S/C31H26O2/c1-32-31(27-20-12-5-13-21-27)29(22-24-14-6-2-7-15-24)28(25-16-8-3-9-17-25)23-30(33-31)26-18-10-4-11-19-26/h2-21,23H,22H2,1H3. The first kappa shape index (κ1) is 21.0. The van der Waals surface area contributed by atoms with Crippen LogP contribution in [0.15, 0.2) is 133 Å². The van der Waals surface area contributed by atoms with E-state index >= 15 is 0 Å². The van der Waals surface area contributed by atoms with E-state index < -0.39 is 5.79 Å². The van der Waals surface area contributed by atoms with Crippen LogP contribution in [0.25, 0.3) is 11.3 Å². The van der Waals surface area contributed by atoms with Crippen molar-refractivity contribution < 1.29 is 9.47 Å². The van der Waals surface area contributed by atoms with E-state index in [1.54, 1.807) is 7.11 Å². The van der Waals surface area contributed by atoms with Crippen molar-refractivity contribution >= 4 is 11.3 Å². The molecular weight excluding hydrogens is 404 g/mol. The van der Waals surface area contributed by atoms with Crippen molar-refractivity contribution in [2.24, 2.45) is 0 Å². The van der Waals surface area contributed by atoms with Crippen molar-refractivity contribution in [1.29, 1.82) is 0 Å². The number of hydrogen-bond acceptors (Lipinski definition) is 2. The molecule has 1 aliphatic heterocycles. The summed E-state index contributed by atoms with van der Waals surface area (Å²) in [5.74, 6) is -0.265. The fourth-order valence-corrected chi connectivity index (χ4v) is 4.45. The first-order valence-electron chi connectivity index (χ1n) is 11.2. The molecule has 5 rings (SSSR count). The maximum Gasteiger partial charge on any atom is 0.261 e. The van der Waals surface area contributed by atoms with Gasteiger partial charge in [0.15, 0.2) is 0 Å². The maximum absolute atomic E-state index is 6.81. The Morgan fingerprint density at radius 1 is 0.636 bits per heavy atom. The number of methoxy groups -OCH3 is 1. The predicted molar refractivity (Wildman–Crippen MR) is 134 cm³/mol. The SMILES string of the molecule is COC1(c2ccccc2)OC(c2ccccc2)=CC(c2ccccc2)=C1Cc1ccccc1. The fourth-order valence-electron chi connectivity index (χ4n) is 4.45. The molecule has 0 aromatic heterocycles. The minimum atomic E-state index is -1.05. The van der Waals surface area contributed by atoms with Crippen LogP contribution in [-0.4, -0.2) is 7.11 Å². The van der Waals surface area contributed by atoms with Gasteiger partial charge in [-0.15, -0.1) is 0 Å². The highest BCUT2D eigenvalue weighted by Crippen LogP contribution is 2.47. The molecular formula is C31H26O2. The smallest absolute Gasteiger partial charge is 0.261 e. The van der Waals surface area contributed by atoms with E-state index in [4.69, 9.17) is 9.47 Å². The quantitative estimate of drug-likeness (QED) is 0.321. The molecule has 33 heavy (non-hydrogen) atoms. The highest BCUT2D eigenvalue weighted by Gasteiger charge is 2.44. The van der Waals surface area contributed by atoms with Gasteiger partial charge in [0.1, 0.15) is 5.76 Å². The summed E-state index contributed by atoms with van der Waals surface area (Å²) in [5.41, 5.74) is 6.52. The minimum absolute atomic E-state index is 0.701. The van der Waals surface area contributed by atoms with Gasteiger partial charge in [0, 0.05) is 30.2 Å². The van der Waals surface area contributed by atoms with Crippen molar-refractivity contribution in [3.05, 3.63) is 155 Å². The zero-order valence-electron chi connectivity index (χ0n) is 18.6. The zero-order chi connectivity index (χ0) is 22.5. The Morgan fingerprint density at radius 3 is 1.73 bits per heavy atom. The fraction of sp³-hybridized carbons (Fsp3) is 0.0968. The van der Waals surface area contributed by atoms with E-state index in [1.165, 1.54) is 5.56 Å². The molecule has 0 N–H and O–H groups in total. The Bertz CT molecular complexity index is 1260. The number of benzene rings is 4. The van der Waals surface area contributed by atoms with E-state index in [0.717, 1.165) is 33.6 Å². The molecule has 4 aromatic rings. The second kappa shape index (κ2) is 9.32. The summed E-state index contributed by atoms with van der Waals surface area (Å²) in [5, 5.41) is 0. The van der Waals surface area contributed by atoms with Crippen molar-refractivity contribution in [2.45, 2.75) is 12.2 Å². The van der Waals surface area contributed by atoms with Gasteiger partial charge in [-0.3, -0.25) is 0 Å². The number of ether oxygens (including phenoxy) is 2. The van der Waals surface area contributed by atoms with Gasteiger partial charge in [-0.05, 0) is 22.8 Å². The van der Waals surface area contributed by atoms with Crippen LogP contribution in [-0.2, 0) is 21.7 Å². The van der Waals surface area contributed by atoms with Gasteiger partial charge in [0.2, 0.25) is 0 Å². The van der Waals surface area contributed by atoms with Crippen LogP contribution in [0.5, 0.6) is 0 Å². The molecule has 0 aliphatic carbocycles. The molecule has 2 heteroatoms. The zero-order valence-corrected chi connectivity index (χ0v) is 18.6. The van der Waals surface area contributed by atoms with Gasteiger partial charge in [-0.2, -0.15) is 0 Å². The number of hydrogen-bond donors (Lipinski definition) is 0. The third-order valence-electron chi connectivity index (χ3n) is 6.06. The highest BCUT2D eigenvalue weighted by atomic mass is 16.7. The van der Waals surface area contributed by atoms with Crippen molar-refractivity contribution in [2.75, 3.05) is 7.11 Å². The van der Waals surface area contributed by atoms with E-state index in [0.29, 0.717) is 6.42 Å². The van der Waals surface area contributed by atoms with Gasteiger partial charge >= 0.3 is 0 Å². The third-order valence-corrected chi connectivity index (χ3v) is 6.06.